The van der Waals surface area contributed by atoms with Gasteiger partial charge in [-0.3, -0.25) is 0 Å². The molecule has 1 radical (unpaired) electrons. The maximum Gasteiger partial charge on any atom is 0.147 e. The summed E-state index contributed by atoms with van der Waals surface area (Å²) in [4.78, 5) is 1.95. The summed E-state index contributed by atoms with van der Waals surface area (Å²) in [5.41, 5.74) is 0.183. The molecular weight excluding hydrogens is 186 g/mol. The minimum atomic E-state index is -0.557. The van der Waals surface area contributed by atoms with E-state index in [1.165, 1.54) is 0 Å². The van der Waals surface area contributed by atoms with Crippen LogP contribution in [0.3, 0.4) is 0 Å². The van der Waals surface area contributed by atoms with E-state index >= 15 is 0 Å². The molecule has 2 nitrogen and oxygen atoms in total. The number of likely N-dealkylation sites (N-methyl/N-ethyl adjacent to an activating group) is 1. The second-order valence-corrected chi connectivity index (χ2v) is 3.27. The normalized spacial score (nSPS) is 10.6. The molecule has 0 amide bonds. The zero-order valence-corrected chi connectivity index (χ0v) is 8.27. The third kappa shape index (κ3) is 3.30. The summed E-state index contributed by atoms with van der Waals surface area (Å²) in [6, 6.07) is 4.24. The highest BCUT2D eigenvalue weighted by atomic mass is 19.1. The monoisotopic (exact) mass is 199 g/mol. The highest BCUT2D eigenvalue weighted by Crippen LogP contribution is 2.14. The van der Waals surface area contributed by atoms with Crippen molar-refractivity contribution in [2.75, 3.05) is 32.5 Å². The highest BCUT2D eigenvalue weighted by Gasteiger charge is 2.02. The van der Waals surface area contributed by atoms with Crippen molar-refractivity contribution in [3.8, 4) is 0 Å². The standard InChI is InChI=1S/C10H13F2N2/c1-14(2)6-5-13-10-7-8(11)3-4-9(10)12/h4,7,13H,5-6H2,1-2H3. The van der Waals surface area contributed by atoms with Crippen LogP contribution >= 0.6 is 0 Å². The van der Waals surface area contributed by atoms with Gasteiger partial charge < -0.3 is 10.2 Å². The predicted molar refractivity (Wildman–Crippen MR) is 52.2 cm³/mol. The third-order valence-corrected chi connectivity index (χ3v) is 1.74. The second-order valence-electron chi connectivity index (χ2n) is 3.27. The van der Waals surface area contributed by atoms with Crippen LogP contribution < -0.4 is 5.32 Å². The first kappa shape index (κ1) is 10.9. The van der Waals surface area contributed by atoms with Crippen molar-refractivity contribution >= 4 is 5.69 Å². The van der Waals surface area contributed by atoms with Gasteiger partial charge in [-0.2, -0.15) is 0 Å². The molecule has 0 spiro atoms. The van der Waals surface area contributed by atoms with Gasteiger partial charge in [-0.05, 0) is 20.2 Å². The Labute approximate surface area is 82.5 Å². The van der Waals surface area contributed by atoms with Crippen molar-refractivity contribution in [1.82, 2.24) is 4.90 Å². The van der Waals surface area contributed by atoms with Crippen molar-refractivity contribution < 1.29 is 8.78 Å². The summed E-state index contributed by atoms with van der Waals surface area (Å²) in [5, 5.41) is 2.81. The molecule has 1 N–H and O–H groups in total. The van der Waals surface area contributed by atoms with Gasteiger partial charge in [-0.25, -0.2) is 8.78 Å². The fourth-order valence-corrected chi connectivity index (χ4v) is 0.997. The molecule has 1 aromatic carbocycles. The zero-order valence-electron chi connectivity index (χ0n) is 8.27. The molecule has 77 valence electrons. The van der Waals surface area contributed by atoms with E-state index in [-0.39, 0.29) is 5.69 Å². The van der Waals surface area contributed by atoms with Crippen molar-refractivity contribution in [2.24, 2.45) is 0 Å². The lowest BCUT2D eigenvalue weighted by molar-refractivity contribution is 0.425. The molecule has 0 saturated heterocycles. The summed E-state index contributed by atoms with van der Waals surface area (Å²) < 4.78 is 25.7. The Morgan fingerprint density at radius 1 is 1.43 bits per heavy atom. The number of hydrogen-bond acceptors (Lipinski definition) is 2. The van der Waals surface area contributed by atoms with Crippen molar-refractivity contribution in [1.29, 1.82) is 0 Å². The molecule has 0 aliphatic heterocycles. The Morgan fingerprint density at radius 2 is 2.14 bits per heavy atom. The van der Waals surface area contributed by atoms with Crippen molar-refractivity contribution in [3.63, 3.8) is 0 Å². The average Bonchev–Trinajstić information content (AvgIpc) is 2.10. The summed E-state index contributed by atoms with van der Waals surface area (Å²) in [7, 11) is 3.83. The topological polar surface area (TPSA) is 15.3 Å². The number of hydrogen-bond donors (Lipinski definition) is 1. The van der Waals surface area contributed by atoms with E-state index in [0.29, 0.717) is 6.54 Å². The van der Waals surface area contributed by atoms with Crippen LogP contribution in [0.2, 0.25) is 0 Å². The largest absolute Gasteiger partial charge is 0.381 e. The molecule has 0 bridgehead atoms. The van der Waals surface area contributed by atoms with Gasteiger partial charge in [0.1, 0.15) is 11.6 Å². The smallest absolute Gasteiger partial charge is 0.147 e. The van der Waals surface area contributed by atoms with Crippen LogP contribution in [0.25, 0.3) is 0 Å². The zero-order chi connectivity index (χ0) is 10.6. The lowest BCUT2D eigenvalue weighted by atomic mass is 10.3. The molecule has 1 rings (SSSR count). The number of anilines is 1. The first-order chi connectivity index (χ1) is 6.59. The maximum absolute atomic E-state index is 13.0. The molecule has 1 aromatic rings. The SMILES string of the molecule is CN(C)CCNc1cc(F)[c]cc1F. The van der Waals surface area contributed by atoms with Gasteiger partial charge in [0.15, 0.2) is 0 Å². The Morgan fingerprint density at radius 3 is 2.79 bits per heavy atom. The predicted octanol–water partition coefficient (Wildman–Crippen LogP) is 1.74. The molecule has 0 aliphatic rings. The minimum Gasteiger partial charge on any atom is -0.381 e. The number of nitrogens with zero attached hydrogens (tertiary/aromatic N) is 1. The second kappa shape index (κ2) is 4.91. The lowest BCUT2D eigenvalue weighted by Crippen LogP contribution is -2.21. The van der Waals surface area contributed by atoms with Gasteiger partial charge in [0.25, 0.3) is 0 Å². The van der Waals surface area contributed by atoms with E-state index in [1.807, 2.05) is 19.0 Å². The van der Waals surface area contributed by atoms with E-state index in [9.17, 15) is 8.78 Å². The van der Waals surface area contributed by atoms with Gasteiger partial charge >= 0.3 is 0 Å². The number of benzene rings is 1. The highest BCUT2D eigenvalue weighted by molar-refractivity contribution is 5.44. The van der Waals surface area contributed by atoms with Crippen LogP contribution in [0.1, 0.15) is 0 Å². The molecular formula is C10H13F2N2. The number of nitrogens with one attached hydrogen (secondary N) is 1. The minimum absolute atomic E-state index is 0.183. The van der Waals surface area contributed by atoms with Crippen LogP contribution in [-0.2, 0) is 0 Å². The fourth-order valence-electron chi connectivity index (χ4n) is 0.997. The van der Waals surface area contributed by atoms with Gasteiger partial charge in [0.2, 0.25) is 0 Å². The Kier molecular flexibility index (Phi) is 3.83. The van der Waals surface area contributed by atoms with Crippen molar-refractivity contribution in [3.05, 3.63) is 29.8 Å². The van der Waals surface area contributed by atoms with Gasteiger partial charge in [-0.1, -0.05) is 0 Å². The van der Waals surface area contributed by atoms with E-state index < -0.39 is 11.6 Å². The van der Waals surface area contributed by atoms with Gasteiger partial charge in [-0.15, -0.1) is 0 Å². The molecule has 0 unspecified atom stereocenters. The van der Waals surface area contributed by atoms with E-state index in [2.05, 4.69) is 11.4 Å². The van der Waals surface area contributed by atoms with E-state index in [4.69, 9.17) is 0 Å². The van der Waals surface area contributed by atoms with Crippen LogP contribution in [0, 0.1) is 17.7 Å². The lowest BCUT2D eigenvalue weighted by Gasteiger charge is -2.11. The van der Waals surface area contributed by atoms with Crippen LogP contribution in [-0.4, -0.2) is 32.1 Å². The quantitative estimate of drug-likeness (QED) is 0.794. The summed E-state index contributed by atoms with van der Waals surface area (Å²) >= 11 is 0. The fraction of sp³-hybridized carbons (Fsp3) is 0.400. The Balaban J connectivity index is 2.53. The average molecular weight is 199 g/mol. The van der Waals surface area contributed by atoms with Crippen molar-refractivity contribution in [2.45, 2.75) is 0 Å². The van der Waals surface area contributed by atoms with Crippen LogP contribution in [0.15, 0.2) is 12.1 Å². The first-order valence-electron chi connectivity index (χ1n) is 4.35. The molecule has 14 heavy (non-hydrogen) atoms. The number of rotatable bonds is 4. The molecule has 0 fully saturated rings. The summed E-state index contributed by atoms with van der Waals surface area (Å²) in [5.74, 6) is -1.04. The number of halogens is 2. The molecule has 0 aromatic heterocycles. The maximum atomic E-state index is 13.0. The Bertz CT molecular complexity index is 300. The third-order valence-electron chi connectivity index (χ3n) is 1.74. The van der Waals surface area contributed by atoms with Crippen LogP contribution in [0.5, 0.6) is 0 Å². The molecule has 0 atom stereocenters. The molecule has 0 aliphatic carbocycles. The van der Waals surface area contributed by atoms with E-state index in [0.717, 1.165) is 18.7 Å². The summed E-state index contributed by atoms with van der Waals surface area (Å²) in [6.45, 7) is 1.34. The summed E-state index contributed by atoms with van der Waals surface area (Å²) in [6.07, 6.45) is 0. The van der Waals surface area contributed by atoms with Gasteiger partial charge in [0, 0.05) is 25.2 Å². The molecule has 4 heteroatoms. The molecule has 0 heterocycles. The first-order valence-corrected chi connectivity index (χ1v) is 4.35. The van der Waals surface area contributed by atoms with Crippen LogP contribution in [0.4, 0.5) is 14.5 Å². The Hall–Kier alpha value is -1.16. The van der Waals surface area contributed by atoms with E-state index in [1.54, 1.807) is 0 Å². The molecule has 0 saturated carbocycles. The van der Waals surface area contributed by atoms with Gasteiger partial charge in [0.05, 0.1) is 5.69 Å².